The summed E-state index contributed by atoms with van der Waals surface area (Å²) in [6.07, 6.45) is 2.59. The molecule has 0 aliphatic carbocycles. The Morgan fingerprint density at radius 2 is 1.93 bits per heavy atom. The van der Waals surface area contributed by atoms with E-state index in [0.717, 1.165) is 0 Å². The standard InChI is InChI=1S/C21H16N2O5/c1-2-27-21(26)16-12-23(17-10-14(11-22)8-9-18(17)24)13-19(20(16)25)28-15-6-4-3-5-7-15/h3-10,12-13,24H,2H2,1H3. The van der Waals surface area contributed by atoms with Crippen LogP contribution < -0.4 is 10.2 Å². The van der Waals surface area contributed by atoms with Crippen LogP contribution in [0.2, 0.25) is 0 Å². The molecule has 1 heterocycles. The van der Waals surface area contributed by atoms with Gasteiger partial charge in [0.15, 0.2) is 5.75 Å². The first-order chi connectivity index (χ1) is 13.5. The molecule has 7 heteroatoms. The van der Waals surface area contributed by atoms with Crippen LogP contribution in [0.1, 0.15) is 22.8 Å². The van der Waals surface area contributed by atoms with Gasteiger partial charge < -0.3 is 19.1 Å². The topological polar surface area (TPSA) is 102 Å². The third-order valence-electron chi connectivity index (χ3n) is 3.84. The number of para-hydroxylation sites is 1. The molecule has 2 aromatic carbocycles. The molecule has 3 aromatic rings. The average Bonchev–Trinajstić information content (AvgIpc) is 2.71. The summed E-state index contributed by atoms with van der Waals surface area (Å²) in [6.45, 7) is 1.72. The molecule has 0 saturated heterocycles. The summed E-state index contributed by atoms with van der Waals surface area (Å²) >= 11 is 0. The quantitative estimate of drug-likeness (QED) is 0.685. The summed E-state index contributed by atoms with van der Waals surface area (Å²) in [5.74, 6) is -0.667. The van der Waals surface area contributed by atoms with E-state index in [1.54, 1.807) is 37.3 Å². The van der Waals surface area contributed by atoms with Gasteiger partial charge in [0.25, 0.3) is 0 Å². The molecule has 0 saturated carbocycles. The molecule has 0 aliphatic heterocycles. The highest BCUT2D eigenvalue weighted by Gasteiger charge is 2.19. The Hall–Kier alpha value is -4.05. The van der Waals surface area contributed by atoms with E-state index in [0.29, 0.717) is 11.3 Å². The Labute approximate surface area is 160 Å². The highest BCUT2D eigenvalue weighted by atomic mass is 16.5. The summed E-state index contributed by atoms with van der Waals surface area (Å²) < 4.78 is 12.0. The van der Waals surface area contributed by atoms with Crippen molar-refractivity contribution in [3.8, 4) is 29.0 Å². The lowest BCUT2D eigenvalue weighted by Gasteiger charge is -2.14. The number of phenols is 1. The van der Waals surface area contributed by atoms with E-state index in [2.05, 4.69) is 0 Å². The SMILES string of the molecule is CCOC(=O)c1cn(-c2cc(C#N)ccc2O)cc(Oc2ccccc2)c1=O. The first-order valence-corrected chi connectivity index (χ1v) is 8.43. The van der Waals surface area contributed by atoms with Gasteiger partial charge in [0.05, 0.1) is 30.1 Å². The first-order valence-electron chi connectivity index (χ1n) is 8.43. The Balaban J connectivity index is 2.19. The van der Waals surface area contributed by atoms with Crippen molar-refractivity contribution < 1.29 is 19.4 Å². The molecule has 0 radical (unpaired) electrons. The van der Waals surface area contributed by atoms with Crippen LogP contribution in [-0.2, 0) is 4.74 Å². The zero-order chi connectivity index (χ0) is 20.1. The summed E-state index contributed by atoms with van der Waals surface area (Å²) in [4.78, 5) is 25.0. The number of esters is 1. The van der Waals surface area contributed by atoms with Crippen molar-refractivity contribution in [2.24, 2.45) is 0 Å². The molecule has 28 heavy (non-hydrogen) atoms. The van der Waals surface area contributed by atoms with Gasteiger partial charge in [-0.25, -0.2) is 4.79 Å². The summed E-state index contributed by atoms with van der Waals surface area (Å²) in [5, 5.41) is 19.3. The number of ether oxygens (including phenoxy) is 2. The number of nitriles is 1. The molecule has 3 rings (SSSR count). The maximum Gasteiger partial charge on any atom is 0.343 e. The van der Waals surface area contributed by atoms with Crippen LogP contribution in [0.3, 0.4) is 0 Å². The number of phenolic OH excluding ortho intramolecular Hbond substituents is 1. The predicted octanol–water partition coefficient (Wildman–Crippen LogP) is 3.38. The number of aromatic nitrogens is 1. The van der Waals surface area contributed by atoms with Crippen LogP contribution in [0.25, 0.3) is 5.69 Å². The average molecular weight is 376 g/mol. The smallest absolute Gasteiger partial charge is 0.343 e. The lowest BCUT2D eigenvalue weighted by Crippen LogP contribution is -2.21. The maximum absolute atomic E-state index is 12.7. The van der Waals surface area contributed by atoms with E-state index in [-0.39, 0.29) is 29.4 Å². The zero-order valence-corrected chi connectivity index (χ0v) is 15.0. The van der Waals surface area contributed by atoms with E-state index < -0.39 is 11.4 Å². The van der Waals surface area contributed by atoms with Crippen LogP contribution in [0.5, 0.6) is 17.2 Å². The van der Waals surface area contributed by atoms with Gasteiger partial charge in [-0.15, -0.1) is 0 Å². The van der Waals surface area contributed by atoms with E-state index in [4.69, 9.17) is 14.7 Å². The van der Waals surface area contributed by atoms with Crippen LogP contribution in [-0.4, -0.2) is 22.2 Å². The number of benzene rings is 2. The lowest BCUT2D eigenvalue weighted by atomic mass is 10.2. The van der Waals surface area contributed by atoms with Crippen LogP contribution in [0.15, 0.2) is 65.7 Å². The second-order valence-corrected chi connectivity index (χ2v) is 5.72. The van der Waals surface area contributed by atoms with E-state index in [1.807, 2.05) is 6.07 Å². The fraction of sp³-hybridized carbons (Fsp3) is 0.0952. The third kappa shape index (κ3) is 3.86. The van der Waals surface area contributed by atoms with Crippen molar-refractivity contribution in [1.82, 2.24) is 4.57 Å². The molecule has 0 unspecified atom stereocenters. The second-order valence-electron chi connectivity index (χ2n) is 5.72. The minimum absolute atomic E-state index is 0.0945. The van der Waals surface area contributed by atoms with Crippen molar-refractivity contribution >= 4 is 5.97 Å². The Kier molecular flexibility index (Phi) is 5.42. The van der Waals surface area contributed by atoms with Crippen LogP contribution in [0, 0.1) is 11.3 Å². The van der Waals surface area contributed by atoms with Crippen molar-refractivity contribution in [1.29, 1.82) is 5.26 Å². The first kappa shape index (κ1) is 18.7. The van der Waals surface area contributed by atoms with Gasteiger partial charge in [0.1, 0.15) is 17.1 Å². The fourth-order valence-electron chi connectivity index (χ4n) is 2.53. The second kappa shape index (κ2) is 8.10. The third-order valence-corrected chi connectivity index (χ3v) is 3.84. The zero-order valence-electron chi connectivity index (χ0n) is 15.0. The van der Waals surface area contributed by atoms with Gasteiger partial charge in [-0.2, -0.15) is 5.26 Å². The van der Waals surface area contributed by atoms with Crippen LogP contribution in [0.4, 0.5) is 0 Å². The number of carbonyl (C=O) groups is 1. The number of hydrogen-bond acceptors (Lipinski definition) is 6. The van der Waals surface area contributed by atoms with Gasteiger partial charge >= 0.3 is 5.97 Å². The molecule has 0 atom stereocenters. The summed E-state index contributed by atoms with van der Waals surface area (Å²) in [5.41, 5.74) is -0.385. The molecule has 140 valence electrons. The Morgan fingerprint density at radius 1 is 1.18 bits per heavy atom. The fourth-order valence-corrected chi connectivity index (χ4v) is 2.53. The molecular formula is C21H16N2O5. The Bertz CT molecular complexity index is 1110. The largest absolute Gasteiger partial charge is 0.506 e. The summed E-state index contributed by atoms with van der Waals surface area (Å²) in [7, 11) is 0. The number of carbonyl (C=O) groups excluding carboxylic acids is 1. The Morgan fingerprint density at radius 3 is 2.61 bits per heavy atom. The van der Waals surface area contributed by atoms with Crippen molar-refractivity contribution in [2.45, 2.75) is 6.92 Å². The van der Waals surface area contributed by atoms with Gasteiger partial charge in [-0.3, -0.25) is 4.79 Å². The van der Waals surface area contributed by atoms with Crippen molar-refractivity contribution in [3.63, 3.8) is 0 Å². The molecule has 0 fully saturated rings. The number of hydrogen-bond donors (Lipinski definition) is 1. The minimum atomic E-state index is -0.810. The molecule has 0 amide bonds. The highest BCUT2D eigenvalue weighted by molar-refractivity contribution is 5.89. The lowest BCUT2D eigenvalue weighted by molar-refractivity contribution is 0.0523. The van der Waals surface area contributed by atoms with Crippen molar-refractivity contribution in [2.75, 3.05) is 6.61 Å². The molecular weight excluding hydrogens is 360 g/mol. The molecule has 1 aromatic heterocycles. The maximum atomic E-state index is 12.7. The van der Waals surface area contributed by atoms with Crippen LogP contribution >= 0.6 is 0 Å². The molecule has 0 spiro atoms. The van der Waals surface area contributed by atoms with E-state index >= 15 is 0 Å². The number of aromatic hydroxyl groups is 1. The van der Waals surface area contributed by atoms with Gasteiger partial charge in [-0.1, -0.05) is 18.2 Å². The summed E-state index contributed by atoms with van der Waals surface area (Å²) in [6, 6.07) is 14.8. The number of rotatable bonds is 5. The van der Waals surface area contributed by atoms with E-state index in [1.165, 1.54) is 35.2 Å². The molecule has 1 N–H and O–H groups in total. The van der Waals surface area contributed by atoms with Gasteiger partial charge in [0.2, 0.25) is 5.43 Å². The number of pyridine rings is 1. The highest BCUT2D eigenvalue weighted by Crippen LogP contribution is 2.25. The van der Waals surface area contributed by atoms with E-state index in [9.17, 15) is 14.7 Å². The van der Waals surface area contributed by atoms with Gasteiger partial charge in [-0.05, 0) is 37.3 Å². The predicted molar refractivity (Wildman–Crippen MR) is 101 cm³/mol. The molecule has 0 bridgehead atoms. The monoisotopic (exact) mass is 376 g/mol. The molecule has 7 nitrogen and oxygen atoms in total. The number of nitrogens with zero attached hydrogens (tertiary/aromatic N) is 2. The van der Waals surface area contributed by atoms with Crippen molar-refractivity contribution in [3.05, 3.63) is 82.3 Å². The minimum Gasteiger partial charge on any atom is -0.506 e. The molecule has 0 aliphatic rings. The normalized spacial score (nSPS) is 10.1. The van der Waals surface area contributed by atoms with Gasteiger partial charge in [0, 0.05) is 6.20 Å².